The van der Waals surface area contributed by atoms with Crippen LogP contribution in [0.25, 0.3) is 0 Å². The quantitative estimate of drug-likeness (QED) is 0.585. The van der Waals surface area contributed by atoms with Crippen molar-refractivity contribution in [1.82, 2.24) is 5.32 Å². The summed E-state index contributed by atoms with van der Waals surface area (Å²) >= 11 is 0. The van der Waals surface area contributed by atoms with Gasteiger partial charge in [-0.05, 0) is 5.56 Å². The second-order valence-electron chi connectivity index (χ2n) is 3.68. The van der Waals surface area contributed by atoms with Crippen LogP contribution >= 0.6 is 0 Å². The zero-order valence-electron chi connectivity index (χ0n) is 10.9. The Morgan fingerprint density at radius 2 is 1.89 bits per heavy atom. The van der Waals surface area contributed by atoms with Crippen LogP contribution in [0, 0.1) is 0 Å². The van der Waals surface area contributed by atoms with E-state index >= 15 is 0 Å². The molecule has 100 valence electrons. The SMILES string of the molecule is COC(=O)CNCc1ccccc1C(OC)OC. The van der Waals surface area contributed by atoms with E-state index in [1.54, 1.807) is 14.2 Å². The minimum absolute atomic E-state index is 0.176. The van der Waals surface area contributed by atoms with E-state index < -0.39 is 6.29 Å². The highest BCUT2D eigenvalue weighted by atomic mass is 16.7. The predicted octanol–water partition coefficient (Wildman–Crippen LogP) is 1.24. The van der Waals surface area contributed by atoms with Crippen molar-refractivity contribution in [3.8, 4) is 0 Å². The Labute approximate surface area is 107 Å². The van der Waals surface area contributed by atoms with Crippen molar-refractivity contribution in [1.29, 1.82) is 0 Å². The molecule has 0 spiro atoms. The average molecular weight is 253 g/mol. The lowest BCUT2D eigenvalue weighted by atomic mass is 10.1. The van der Waals surface area contributed by atoms with E-state index in [9.17, 15) is 4.79 Å². The molecule has 0 aliphatic rings. The van der Waals surface area contributed by atoms with Gasteiger partial charge in [-0.2, -0.15) is 0 Å². The number of ether oxygens (including phenoxy) is 3. The molecule has 1 N–H and O–H groups in total. The molecule has 5 heteroatoms. The molecule has 1 aromatic rings. The van der Waals surface area contributed by atoms with E-state index in [-0.39, 0.29) is 12.5 Å². The summed E-state index contributed by atoms with van der Waals surface area (Å²) in [4.78, 5) is 11.0. The van der Waals surface area contributed by atoms with Gasteiger partial charge in [0, 0.05) is 26.3 Å². The first-order valence-corrected chi connectivity index (χ1v) is 5.63. The summed E-state index contributed by atoms with van der Waals surface area (Å²) in [6.07, 6.45) is -0.402. The minimum atomic E-state index is -0.402. The molecule has 1 rings (SSSR count). The highest BCUT2D eigenvalue weighted by Crippen LogP contribution is 2.21. The first-order chi connectivity index (χ1) is 8.72. The summed E-state index contributed by atoms with van der Waals surface area (Å²) in [5, 5.41) is 3.01. The molecule has 1 aromatic carbocycles. The highest BCUT2D eigenvalue weighted by molar-refractivity contribution is 5.71. The van der Waals surface area contributed by atoms with Crippen molar-refractivity contribution in [3.05, 3.63) is 35.4 Å². The van der Waals surface area contributed by atoms with Crippen molar-refractivity contribution in [2.45, 2.75) is 12.8 Å². The van der Waals surface area contributed by atoms with Crippen molar-refractivity contribution in [3.63, 3.8) is 0 Å². The number of benzene rings is 1. The van der Waals surface area contributed by atoms with Gasteiger partial charge in [-0.3, -0.25) is 4.79 Å². The van der Waals surface area contributed by atoms with E-state index in [2.05, 4.69) is 10.1 Å². The summed E-state index contributed by atoms with van der Waals surface area (Å²) in [6.45, 7) is 0.726. The summed E-state index contributed by atoms with van der Waals surface area (Å²) in [6, 6.07) is 7.75. The molecule has 0 atom stereocenters. The van der Waals surface area contributed by atoms with Crippen LogP contribution in [0.15, 0.2) is 24.3 Å². The molecule has 0 heterocycles. The smallest absolute Gasteiger partial charge is 0.319 e. The van der Waals surface area contributed by atoms with Gasteiger partial charge in [0.15, 0.2) is 6.29 Å². The Morgan fingerprint density at radius 1 is 1.22 bits per heavy atom. The molecule has 0 saturated carbocycles. The third-order valence-corrected chi connectivity index (χ3v) is 2.55. The Bertz CT molecular complexity index is 377. The summed E-state index contributed by atoms with van der Waals surface area (Å²) in [5.41, 5.74) is 1.97. The highest BCUT2D eigenvalue weighted by Gasteiger charge is 2.13. The standard InChI is InChI=1S/C13H19NO4/c1-16-12(15)9-14-8-10-6-4-5-7-11(10)13(17-2)18-3/h4-7,13-14H,8-9H2,1-3H3. The van der Waals surface area contributed by atoms with Gasteiger partial charge < -0.3 is 19.5 Å². The van der Waals surface area contributed by atoms with Crippen LogP contribution in [0.5, 0.6) is 0 Å². The van der Waals surface area contributed by atoms with Gasteiger partial charge in [0.25, 0.3) is 0 Å². The van der Waals surface area contributed by atoms with Gasteiger partial charge in [0.2, 0.25) is 0 Å². The fourth-order valence-electron chi connectivity index (χ4n) is 1.65. The molecule has 0 saturated heterocycles. The second kappa shape index (κ2) is 7.81. The number of carbonyl (C=O) groups excluding carboxylic acids is 1. The Balaban J connectivity index is 2.67. The van der Waals surface area contributed by atoms with Crippen LogP contribution in [0.4, 0.5) is 0 Å². The number of hydrogen-bond acceptors (Lipinski definition) is 5. The fourth-order valence-corrected chi connectivity index (χ4v) is 1.65. The van der Waals surface area contributed by atoms with Crippen LogP contribution in [0.3, 0.4) is 0 Å². The van der Waals surface area contributed by atoms with Crippen LogP contribution < -0.4 is 5.32 Å². The van der Waals surface area contributed by atoms with Crippen molar-refractivity contribution in [2.75, 3.05) is 27.9 Å². The van der Waals surface area contributed by atoms with Crippen LogP contribution in [-0.4, -0.2) is 33.8 Å². The number of methoxy groups -OCH3 is 3. The van der Waals surface area contributed by atoms with Crippen LogP contribution in [0.1, 0.15) is 17.4 Å². The molecular formula is C13H19NO4. The van der Waals surface area contributed by atoms with Gasteiger partial charge in [-0.1, -0.05) is 24.3 Å². The zero-order chi connectivity index (χ0) is 13.4. The van der Waals surface area contributed by atoms with E-state index in [0.717, 1.165) is 11.1 Å². The predicted molar refractivity (Wildman–Crippen MR) is 66.9 cm³/mol. The largest absolute Gasteiger partial charge is 0.468 e. The number of rotatable bonds is 7. The van der Waals surface area contributed by atoms with Crippen LogP contribution in [-0.2, 0) is 25.5 Å². The molecule has 0 aliphatic heterocycles. The third kappa shape index (κ3) is 4.10. The maximum Gasteiger partial charge on any atom is 0.319 e. The number of esters is 1. The van der Waals surface area contributed by atoms with Gasteiger partial charge >= 0.3 is 5.97 Å². The van der Waals surface area contributed by atoms with E-state index in [1.165, 1.54) is 7.11 Å². The molecule has 0 radical (unpaired) electrons. The van der Waals surface area contributed by atoms with Crippen molar-refractivity contribution < 1.29 is 19.0 Å². The first-order valence-electron chi connectivity index (χ1n) is 5.63. The Hall–Kier alpha value is -1.43. The maximum absolute atomic E-state index is 11.0. The van der Waals surface area contributed by atoms with Gasteiger partial charge in [-0.15, -0.1) is 0 Å². The van der Waals surface area contributed by atoms with Gasteiger partial charge in [-0.25, -0.2) is 0 Å². The lowest BCUT2D eigenvalue weighted by Gasteiger charge is -2.17. The Morgan fingerprint density at radius 3 is 2.50 bits per heavy atom. The summed E-state index contributed by atoms with van der Waals surface area (Å²) < 4.78 is 15.0. The molecule has 0 bridgehead atoms. The van der Waals surface area contributed by atoms with E-state index in [1.807, 2.05) is 24.3 Å². The molecule has 0 amide bonds. The zero-order valence-corrected chi connectivity index (χ0v) is 10.9. The second-order valence-corrected chi connectivity index (χ2v) is 3.68. The number of nitrogens with one attached hydrogen (secondary N) is 1. The van der Waals surface area contributed by atoms with E-state index in [4.69, 9.17) is 9.47 Å². The normalized spacial score (nSPS) is 10.7. The summed E-state index contributed by atoms with van der Waals surface area (Å²) in [7, 11) is 4.55. The lowest BCUT2D eigenvalue weighted by Crippen LogP contribution is -2.24. The molecule has 0 aromatic heterocycles. The number of hydrogen-bond donors (Lipinski definition) is 1. The fraction of sp³-hybridized carbons (Fsp3) is 0.462. The first kappa shape index (κ1) is 14.6. The molecule has 5 nitrogen and oxygen atoms in total. The molecular weight excluding hydrogens is 234 g/mol. The maximum atomic E-state index is 11.0. The van der Waals surface area contributed by atoms with Gasteiger partial charge in [0.05, 0.1) is 13.7 Å². The third-order valence-electron chi connectivity index (χ3n) is 2.55. The molecule has 0 unspecified atom stereocenters. The van der Waals surface area contributed by atoms with Crippen molar-refractivity contribution in [2.24, 2.45) is 0 Å². The monoisotopic (exact) mass is 253 g/mol. The lowest BCUT2D eigenvalue weighted by molar-refractivity contribution is -0.139. The van der Waals surface area contributed by atoms with Crippen molar-refractivity contribution >= 4 is 5.97 Å². The van der Waals surface area contributed by atoms with Gasteiger partial charge in [0.1, 0.15) is 0 Å². The van der Waals surface area contributed by atoms with Crippen LogP contribution in [0.2, 0.25) is 0 Å². The molecule has 0 fully saturated rings. The Kier molecular flexibility index (Phi) is 6.35. The number of carbonyl (C=O) groups is 1. The average Bonchev–Trinajstić information content (AvgIpc) is 2.41. The molecule has 18 heavy (non-hydrogen) atoms. The molecule has 0 aliphatic carbocycles. The minimum Gasteiger partial charge on any atom is -0.468 e. The van der Waals surface area contributed by atoms with E-state index in [0.29, 0.717) is 6.54 Å². The topological polar surface area (TPSA) is 56.8 Å². The summed E-state index contributed by atoms with van der Waals surface area (Å²) in [5.74, 6) is -0.289.